The van der Waals surface area contributed by atoms with Gasteiger partial charge in [0.15, 0.2) is 0 Å². The summed E-state index contributed by atoms with van der Waals surface area (Å²) in [5.74, 6) is 0.112. The normalized spacial score (nSPS) is 19.9. The number of rotatable bonds is 5. The van der Waals surface area contributed by atoms with Crippen LogP contribution in [0.1, 0.15) is 43.6 Å². The lowest BCUT2D eigenvalue weighted by Gasteiger charge is -2.32. The summed E-state index contributed by atoms with van der Waals surface area (Å²) >= 11 is 0. The van der Waals surface area contributed by atoms with Crippen molar-refractivity contribution in [2.75, 3.05) is 13.6 Å². The van der Waals surface area contributed by atoms with E-state index >= 15 is 0 Å². The van der Waals surface area contributed by atoms with Crippen molar-refractivity contribution in [3.8, 4) is 5.75 Å². The highest BCUT2D eigenvalue weighted by atomic mass is 16.7. The zero-order chi connectivity index (χ0) is 17.3. The predicted octanol–water partition coefficient (Wildman–Crippen LogP) is 2.44. The highest BCUT2D eigenvalue weighted by Crippen LogP contribution is 2.39. The number of aromatic hydroxyl groups is 1. The number of phenols is 1. The van der Waals surface area contributed by atoms with Gasteiger partial charge < -0.3 is 19.7 Å². The van der Waals surface area contributed by atoms with Gasteiger partial charge in [-0.1, -0.05) is 6.08 Å². The number of hydrogen-bond acceptors (Lipinski definition) is 5. The summed E-state index contributed by atoms with van der Waals surface area (Å²) < 4.78 is 12.1. The van der Waals surface area contributed by atoms with E-state index < -0.39 is 18.3 Å². The Morgan fingerprint density at radius 3 is 2.39 bits per heavy atom. The summed E-state index contributed by atoms with van der Waals surface area (Å²) in [7, 11) is 1.33. The van der Waals surface area contributed by atoms with Crippen molar-refractivity contribution in [2.45, 2.75) is 38.9 Å². The molecule has 0 unspecified atom stereocenters. The molecule has 0 spiro atoms. The zero-order valence-corrected chi connectivity index (χ0v) is 14.3. The first-order valence-electron chi connectivity index (χ1n) is 7.69. The van der Waals surface area contributed by atoms with Gasteiger partial charge in [-0.25, -0.2) is 0 Å². The molecular formula is C17H24BNO4. The van der Waals surface area contributed by atoms with Crippen molar-refractivity contribution in [1.82, 2.24) is 5.32 Å². The average Bonchev–Trinajstić information content (AvgIpc) is 2.69. The van der Waals surface area contributed by atoms with Crippen molar-refractivity contribution >= 4 is 19.5 Å². The first-order chi connectivity index (χ1) is 10.7. The third-order valence-corrected chi connectivity index (χ3v) is 4.47. The SMILES string of the molecule is CNCC(=Cc1cc(C=O)ccc1O)B1OC(C)(C)C(C)(C)O1. The molecule has 1 aromatic carbocycles. The van der Waals surface area contributed by atoms with Gasteiger partial charge in [-0.3, -0.25) is 4.79 Å². The van der Waals surface area contributed by atoms with E-state index in [-0.39, 0.29) is 5.75 Å². The van der Waals surface area contributed by atoms with Crippen LogP contribution >= 0.6 is 0 Å². The van der Waals surface area contributed by atoms with E-state index in [1.54, 1.807) is 18.2 Å². The first-order valence-corrected chi connectivity index (χ1v) is 7.69. The van der Waals surface area contributed by atoms with E-state index in [0.29, 0.717) is 17.7 Å². The van der Waals surface area contributed by atoms with Crippen LogP contribution in [0.5, 0.6) is 5.75 Å². The summed E-state index contributed by atoms with van der Waals surface area (Å²) in [4.78, 5) is 10.9. The maximum Gasteiger partial charge on any atom is 0.491 e. The van der Waals surface area contributed by atoms with Crippen molar-refractivity contribution in [3.63, 3.8) is 0 Å². The van der Waals surface area contributed by atoms with Gasteiger partial charge in [0.05, 0.1) is 11.2 Å². The van der Waals surface area contributed by atoms with Crippen LogP contribution in [0.3, 0.4) is 0 Å². The van der Waals surface area contributed by atoms with E-state index in [1.807, 2.05) is 34.7 Å². The van der Waals surface area contributed by atoms with Crippen LogP contribution in [0.4, 0.5) is 0 Å². The number of phenolic OH excluding ortho intramolecular Hbond substituents is 1. The monoisotopic (exact) mass is 317 g/mol. The smallest absolute Gasteiger partial charge is 0.491 e. The van der Waals surface area contributed by atoms with Gasteiger partial charge in [0, 0.05) is 17.7 Å². The third-order valence-electron chi connectivity index (χ3n) is 4.47. The number of hydrogen-bond donors (Lipinski definition) is 2. The molecule has 1 heterocycles. The Balaban J connectivity index is 2.38. The fraction of sp³-hybridized carbons (Fsp3) is 0.471. The Morgan fingerprint density at radius 1 is 1.26 bits per heavy atom. The second kappa shape index (κ2) is 6.47. The fourth-order valence-electron chi connectivity index (χ4n) is 2.36. The minimum atomic E-state index is -0.508. The van der Waals surface area contributed by atoms with Crippen molar-refractivity contribution < 1.29 is 19.2 Å². The lowest BCUT2D eigenvalue weighted by atomic mass is 9.77. The summed E-state index contributed by atoms with van der Waals surface area (Å²) in [5.41, 5.74) is 1.06. The average molecular weight is 317 g/mol. The highest BCUT2D eigenvalue weighted by Gasteiger charge is 2.52. The molecule has 0 bridgehead atoms. The number of benzene rings is 1. The van der Waals surface area contributed by atoms with Crippen LogP contribution < -0.4 is 5.32 Å². The van der Waals surface area contributed by atoms with Crippen LogP contribution in [0, 0.1) is 0 Å². The molecule has 0 amide bonds. The Kier molecular flexibility index (Phi) is 4.99. The Bertz CT molecular complexity index is 609. The molecule has 23 heavy (non-hydrogen) atoms. The molecule has 124 valence electrons. The van der Waals surface area contributed by atoms with E-state index in [0.717, 1.165) is 11.8 Å². The fourth-order valence-corrected chi connectivity index (χ4v) is 2.36. The molecule has 1 aromatic rings. The standard InChI is InChI=1S/C17H24BNO4/c1-16(2)17(3,4)23-18(22-16)14(10-19-5)9-13-8-12(11-20)6-7-15(13)21/h6-9,11,19,21H,10H2,1-5H3. The Labute approximate surface area is 137 Å². The van der Waals surface area contributed by atoms with Crippen LogP contribution in [0.25, 0.3) is 6.08 Å². The maximum atomic E-state index is 10.9. The zero-order valence-electron chi connectivity index (χ0n) is 14.3. The summed E-state index contributed by atoms with van der Waals surface area (Å²) in [6.45, 7) is 8.52. The molecular weight excluding hydrogens is 293 g/mol. The Morgan fingerprint density at radius 2 is 1.87 bits per heavy atom. The molecule has 1 fully saturated rings. The van der Waals surface area contributed by atoms with E-state index in [2.05, 4.69) is 5.32 Å². The molecule has 1 saturated heterocycles. The van der Waals surface area contributed by atoms with E-state index in [9.17, 15) is 9.90 Å². The second-order valence-electron chi connectivity index (χ2n) is 6.77. The molecule has 0 radical (unpaired) electrons. The maximum absolute atomic E-state index is 10.9. The number of carbonyl (C=O) groups is 1. The number of nitrogens with one attached hydrogen (secondary N) is 1. The lowest BCUT2D eigenvalue weighted by molar-refractivity contribution is 0.00578. The largest absolute Gasteiger partial charge is 0.507 e. The first kappa shape index (κ1) is 17.7. The van der Waals surface area contributed by atoms with Crippen molar-refractivity contribution in [2.24, 2.45) is 0 Å². The molecule has 1 aliphatic heterocycles. The van der Waals surface area contributed by atoms with Crippen molar-refractivity contribution in [3.05, 3.63) is 34.8 Å². The summed E-state index contributed by atoms with van der Waals surface area (Å²) in [6, 6.07) is 4.73. The highest BCUT2D eigenvalue weighted by molar-refractivity contribution is 6.56. The van der Waals surface area contributed by atoms with Crippen LogP contribution in [-0.4, -0.2) is 43.3 Å². The molecule has 0 atom stereocenters. The van der Waals surface area contributed by atoms with Gasteiger partial charge in [-0.05, 0) is 58.4 Å². The van der Waals surface area contributed by atoms with Gasteiger partial charge in [0.1, 0.15) is 12.0 Å². The molecule has 2 rings (SSSR count). The van der Waals surface area contributed by atoms with Gasteiger partial charge in [-0.15, -0.1) is 0 Å². The molecule has 5 nitrogen and oxygen atoms in total. The topological polar surface area (TPSA) is 67.8 Å². The number of carbonyl (C=O) groups excluding carboxylic acids is 1. The lowest BCUT2D eigenvalue weighted by Crippen LogP contribution is -2.41. The molecule has 0 aliphatic carbocycles. The molecule has 1 aliphatic rings. The number of aldehydes is 1. The van der Waals surface area contributed by atoms with Gasteiger partial charge in [-0.2, -0.15) is 0 Å². The van der Waals surface area contributed by atoms with Crippen LogP contribution in [0.2, 0.25) is 0 Å². The Hall–Kier alpha value is -1.63. The molecule has 6 heteroatoms. The number of likely N-dealkylation sites (N-methyl/N-ethyl adjacent to an activating group) is 1. The molecule has 0 aromatic heterocycles. The van der Waals surface area contributed by atoms with E-state index in [4.69, 9.17) is 9.31 Å². The third kappa shape index (κ3) is 3.66. The van der Waals surface area contributed by atoms with Gasteiger partial charge in [0.25, 0.3) is 0 Å². The van der Waals surface area contributed by atoms with Crippen LogP contribution in [-0.2, 0) is 9.31 Å². The molecule has 2 N–H and O–H groups in total. The predicted molar refractivity (Wildman–Crippen MR) is 91.5 cm³/mol. The summed E-state index contributed by atoms with van der Waals surface area (Å²) in [5, 5.41) is 13.1. The van der Waals surface area contributed by atoms with Gasteiger partial charge >= 0.3 is 7.12 Å². The minimum absolute atomic E-state index is 0.112. The second-order valence-corrected chi connectivity index (χ2v) is 6.77. The van der Waals surface area contributed by atoms with Crippen LogP contribution in [0.15, 0.2) is 23.7 Å². The van der Waals surface area contributed by atoms with E-state index in [1.165, 1.54) is 6.07 Å². The summed E-state index contributed by atoms with van der Waals surface area (Å²) in [6.07, 6.45) is 2.56. The van der Waals surface area contributed by atoms with Gasteiger partial charge in [0.2, 0.25) is 0 Å². The minimum Gasteiger partial charge on any atom is -0.507 e. The van der Waals surface area contributed by atoms with Crippen molar-refractivity contribution in [1.29, 1.82) is 0 Å². The quantitative estimate of drug-likeness (QED) is 0.645. The molecule has 0 saturated carbocycles.